The van der Waals surface area contributed by atoms with E-state index in [9.17, 15) is 14.4 Å². The van der Waals surface area contributed by atoms with E-state index in [0.717, 1.165) is 18.4 Å². The summed E-state index contributed by atoms with van der Waals surface area (Å²) in [5.74, 6) is -0.808. The first-order chi connectivity index (χ1) is 12.1. The molecule has 3 N–H and O–H groups in total. The van der Waals surface area contributed by atoms with Crippen LogP contribution < -0.4 is 16.2 Å². The van der Waals surface area contributed by atoms with E-state index in [2.05, 4.69) is 23.1 Å². The summed E-state index contributed by atoms with van der Waals surface area (Å²) >= 11 is 0. The van der Waals surface area contributed by atoms with Crippen LogP contribution in [0.1, 0.15) is 57.4 Å². The molecule has 0 saturated carbocycles. The Bertz CT molecular complexity index is 532. The number of hydrogen-bond donors (Lipinski definition) is 3. The Labute approximate surface area is 149 Å². The Morgan fingerprint density at radius 3 is 2.16 bits per heavy atom. The topological polar surface area (TPSA) is 87.3 Å². The Kier molecular flexibility index (Phi) is 10.7. The molecule has 1 rings (SSSR count). The van der Waals surface area contributed by atoms with Gasteiger partial charge in [0.05, 0.1) is 6.42 Å². The molecule has 0 atom stereocenters. The van der Waals surface area contributed by atoms with Crippen LogP contribution in [0.2, 0.25) is 0 Å². The van der Waals surface area contributed by atoms with Crippen LogP contribution in [0.4, 0.5) is 0 Å². The van der Waals surface area contributed by atoms with Crippen LogP contribution >= 0.6 is 0 Å². The molecule has 0 radical (unpaired) electrons. The van der Waals surface area contributed by atoms with Crippen molar-refractivity contribution in [3.05, 3.63) is 35.9 Å². The lowest BCUT2D eigenvalue weighted by Crippen LogP contribution is -2.42. The SMILES string of the molecule is CCCCCCCNC(=O)CCC(=O)NNC(=O)Cc1ccccc1. The fourth-order valence-electron chi connectivity index (χ4n) is 2.30. The molecule has 1 aromatic carbocycles. The zero-order chi connectivity index (χ0) is 18.3. The summed E-state index contributed by atoms with van der Waals surface area (Å²) in [5, 5.41) is 2.81. The fourth-order valence-corrected chi connectivity index (χ4v) is 2.30. The number of carbonyl (C=O) groups excluding carboxylic acids is 3. The summed E-state index contributed by atoms with van der Waals surface area (Å²) in [6.07, 6.45) is 6.06. The second-order valence-corrected chi connectivity index (χ2v) is 6.02. The number of unbranched alkanes of at least 4 members (excludes halogenated alkanes) is 4. The normalized spacial score (nSPS) is 10.1. The number of amides is 3. The average molecular weight is 347 g/mol. The highest BCUT2D eigenvalue weighted by molar-refractivity contribution is 5.86. The van der Waals surface area contributed by atoms with Gasteiger partial charge in [0.2, 0.25) is 17.7 Å². The van der Waals surface area contributed by atoms with Gasteiger partial charge in [-0.25, -0.2) is 0 Å². The quantitative estimate of drug-likeness (QED) is 0.424. The minimum Gasteiger partial charge on any atom is -0.356 e. The van der Waals surface area contributed by atoms with E-state index in [1.54, 1.807) is 0 Å². The lowest BCUT2D eigenvalue weighted by Gasteiger charge is -2.08. The highest BCUT2D eigenvalue weighted by Crippen LogP contribution is 2.01. The molecule has 25 heavy (non-hydrogen) atoms. The van der Waals surface area contributed by atoms with Gasteiger partial charge in [0.15, 0.2) is 0 Å². The summed E-state index contributed by atoms with van der Waals surface area (Å²) in [6, 6.07) is 9.26. The zero-order valence-corrected chi connectivity index (χ0v) is 15.0. The number of rotatable bonds is 11. The summed E-state index contributed by atoms with van der Waals surface area (Å²) in [4.78, 5) is 35.0. The molecule has 0 aliphatic rings. The molecule has 6 heteroatoms. The lowest BCUT2D eigenvalue weighted by atomic mass is 10.1. The molecular formula is C19H29N3O3. The minimum atomic E-state index is -0.375. The average Bonchev–Trinajstić information content (AvgIpc) is 2.62. The van der Waals surface area contributed by atoms with E-state index in [0.29, 0.717) is 6.54 Å². The van der Waals surface area contributed by atoms with Gasteiger partial charge in [-0.2, -0.15) is 0 Å². The van der Waals surface area contributed by atoms with Crippen LogP contribution in [-0.4, -0.2) is 24.3 Å². The third-order valence-corrected chi connectivity index (χ3v) is 3.73. The van der Waals surface area contributed by atoms with Crippen molar-refractivity contribution >= 4 is 17.7 Å². The van der Waals surface area contributed by atoms with Gasteiger partial charge >= 0.3 is 0 Å². The number of benzene rings is 1. The van der Waals surface area contributed by atoms with E-state index in [1.165, 1.54) is 19.3 Å². The molecule has 0 heterocycles. The maximum atomic E-state index is 11.7. The summed E-state index contributed by atoms with van der Waals surface area (Å²) in [6.45, 7) is 2.81. The summed E-state index contributed by atoms with van der Waals surface area (Å²) in [5.41, 5.74) is 5.55. The van der Waals surface area contributed by atoms with Crippen molar-refractivity contribution in [3.63, 3.8) is 0 Å². The van der Waals surface area contributed by atoms with Crippen molar-refractivity contribution in [2.45, 2.75) is 58.3 Å². The smallest absolute Gasteiger partial charge is 0.242 e. The third kappa shape index (κ3) is 10.9. The number of hydrazine groups is 1. The van der Waals surface area contributed by atoms with Gasteiger partial charge in [0, 0.05) is 19.4 Å². The van der Waals surface area contributed by atoms with Gasteiger partial charge in [-0.3, -0.25) is 25.2 Å². The van der Waals surface area contributed by atoms with Crippen LogP contribution in [0.5, 0.6) is 0 Å². The van der Waals surface area contributed by atoms with Gasteiger partial charge in [0.1, 0.15) is 0 Å². The molecular weight excluding hydrogens is 318 g/mol. The first-order valence-corrected chi connectivity index (χ1v) is 9.00. The molecule has 0 bridgehead atoms. The van der Waals surface area contributed by atoms with Crippen molar-refractivity contribution < 1.29 is 14.4 Å². The van der Waals surface area contributed by atoms with E-state index in [-0.39, 0.29) is 37.0 Å². The predicted octanol–water partition coefficient (Wildman–Crippen LogP) is 2.24. The maximum Gasteiger partial charge on any atom is 0.242 e. The number of nitrogens with one attached hydrogen (secondary N) is 3. The molecule has 0 unspecified atom stereocenters. The van der Waals surface area contributed by atoms with E-state index in [4.69, 9.17) is 0 Å². The largest absolute Gasteiger partial charge is 0.356 e. The Hall–Kier alpha value is -2.37. The van der Waals surface area contributed by atoms with Crippen molar-refractivity contribution in [1.29, 1.82) is 0 Å². The van der Waals surface area contributed by atoms with Crippen LogP contribution in [0, 0.1) is 0 Å². The van der Waals surface area contributed by atoms with Crippen molar-refractivity contribution in [2.24, 2.45) is 0 Å². The Balaban J connectivity index is 2.06. The van der Waals surface area contributed by atoms with Gasteiger partial charge in [-0.1, -0.05) is 62.9 Å². The molecule has 0 aliphatic carbocycles. The molecule has 138 valence electrons. The predicted molar refractivity (Wildman–Crippen MR) is 97.4 cm³/mol. The molecule has 1 aromatic rings. The first kappa shape index (κ1) is 20.7. The van der Waals surface area contributed by atoms with Crippen LogP contribution in [0.3, 0.4) is 0 Å². The summed E-state index contributed by atoms with van der Waals surface area (Å²) < 4.78 is 0. The van der Waals surface area contributed by atoms with E-state index < -0.39 is 0 Å². The lowest BCUT2D eigenvalue weighted by molar-refractivity contribution is -0.130. The number of carbonyl (C=O) groups is 3. The number of hydrogen-bond acceptors (Lipinski definition) is 3. The van der Waals surface area contributed by atoms with Gasteiger partial charge in [0.25, 0.3) is 0 Å². The second kappa shape index (κ2) is 13.0. The highest BCUT2D eigenvalue weighted by atomic mass is 16.2. The van der Waals surface area contributed by atoms with Crippen LogP contribution in [0.15, 0.2) is 30.3 Å². The molecule has 0 aliphatic heterocycles. The fraction of sp³-hybridized carbons (Fsp3) is 0.526. The zero-order valence-electron chi connectivity index (χ0n) is 15.0. The third-order valence-electron chi connectivity index (χ3n) is 3.73. The molecule has 3 amide bonds. The molecule has 6 nitrogen and oxygen atoms in total. The molecule has 0 fully saturated rings. The Morgan fingerprint density at radius 1 is 0.800 bits per heavy atom. The van der Waals surface area contributed by atoms with Crippen LogP contribution in [0.25, 0.3) is 0 Å². The van der Waals surface area contributed by atoms with Crippen molar-refractivity contribution in [1.82, 2.24) is 16.2 Å². The Morgan fingerprint density at radius 2 is 1.44 bits per heavy atom. The van der Waals surface area contributed by atoms with Gasteiger partial charge in [-0.05, 0) is 12.0 Å². The van der Waals surface area contributed by atoms with Gasteiger partial charge in [-0.15, -0.1) is 0 Å². The van der Waals surface area contributed by atoms with E-state index >= 15 is 0 Å². The first-order valence-electron chi connectivity index (χ1n) is 9.00. The second-order valence-electron chi connectivity index (χ2n) is 6.02. The van der Waals surface area contributed by atoms with Crippen molar-refractivity contribution in [2.75, 3.05) is 6.54 Å². The maximum absolute atomic E-state index is 11.7. The molecule has 0 aromatic heterocycles. The van der Waals surface area contributed by atoms with E-state index in [1.807, 2.05) is 30.3 Å². The molecule has 0 saturated heterocycles. The summed E-state index contributed by atoms with van der Waals surface area (Å²) in [7, 11) is 0. The van der Waals surface area contributed by atoms with Crippen molar-refractivity contribution in [3.8, 4) is 0 Å². The molecule has 0 spiro atoms. The monoisotopic (exact) mass is 347 g/mol. The van der Waals surface area contributed by atoms with Crippen LogP contribution in [-0.2, 0) is 20.8 Å². The van der Waals surface area contributed by atoms with Gasteiger partial charge < -0.3 is 5.32 Å². The standard InChI is InChI=1S/C19H29N3O3/c1-2-3-4-5-9-14-20-17(23)12-13-18(24)21-22-19(25)15-16-10-7-6-8-11-16/h6-8,10-11H,2-5,9,12-15H2,1H3,(H,20,23)(H,21,24)(H,22,25). The minimum absolute atomic E-state index is 0.0489. The highest BCUT2D eigenvalue weighted by Gasteiger charge is 2.08.